The van der Waals surface area contributed by atoms with Crippen LogP contribution in [0.15, 0.2) is 30.3 Å². The monoisotopic (exact) mass is 206 g/mol. The van der Waals surface area contributed by atoms with Crippen molar-refractivity contribution in [2.75, 3.05) is 13.1 Å². The Balaban J connectivity index is 2.59. The largest absolute Gasteiger partial charge is 0.329 e. The predicted octanol–water partition coefficient (Wildman–Crippen LogP) is 1.90. The molecule has 0 unspecified atom stereocenters. The van der Waals surface area contributed by atoms with E-state index < -0.39 is 0 Å². The Labute approximate surface area is 92.9 Å². The fourth-order valence-electron chi connectivity index (χ4n) is 1.50. The Morgan fingerprint density at radius 2 is 1.87 bits per heavy atom. The zero-order valence-electron chi connectivity index (χ0n) is 9.96. The average Bonchev–Trinajstić information content (AvgIpc) is 2.27. The summed E-state index contributed by atoms with van der Waals surface area (Å²) in [4.78, 5) is 0. The first-order valence-corrected chi connectivity index (χ1v) is 5.55. The summed E-state index contributed by atoms with van der Waals surface area (Å²) in [7, 11) is 0. The maximum atomic E-state index is 5.58. The normalized spacial score (nSPS) is 13.9. The topological polar surface area (TPSA) is 38.0 Å². The van der Waals surface area contributed by atoms with Gasteiger partial charge in [0.2, 0.25) is 0 Å². The van der Waals surface area contributed by atoms with Gasteiger partial charge in [0, 0.05) is 24.5 Å². The molecule has 0 bridgehead atoms. The highest BCUT2D eigenvalue weighted by Gasteiger charge is 2.20. The lowest BCUT2D eigenvalue weighted by Crippen LogP contribution is -2.41. The van der Waals surface area contributed by atoms with Gasteiger partial charge in [-0.25, -0.2) is 0 Å². The molecule has 1 aromatic rings. The molecule has 0 saturated heterocycles. The number of hydrogen-bond donors (Lipinski definition) is 2. The Morgan fingerprint density at radius 1 is 1.27 bits per heavy atom. The van der Waals surface area contributed by atoms with Crippen LogP contribution in [0.2, 0.25) is 0 Å². The first-order chi connectivity index (χ1) is 7.06. The zero-order valence-corrected chi connectivity index (χ0v) is 9.96. The van der Waals surface area contributed by atoms with E-state index in [0.29, 0.717) is 12.6 Å². The van der Waals surface area contributed by atoms with E-state index in [0.717, 1.165) is 6.54 Å². The van der Waals surface area contributed by atoms with Crippen molar-refractivity contribution in [1.29, 1.82) is 0 Å². The van der Waals surface area contributed by atoms with E-state index in [4.69, 9.17) is 5.73 Å². The van der Waals surface area contributed by atoms with E-state index >= 15 is 0 Å². The predicted molar refractivity (Wildman–Crippen MR) is 66.0 cm³/mol. The molecule has 1 atom stereocenters. The Bertz CT molecular complexity index is 280. The van der Waals surface area contributed by atoms with Gasteiger partial charge < -0.3 is 11.1 Å². The summed E-state index contributed by atoms with van der Waals surface area (Å²) in [6.07, 6.45) is 0. The number of rotatable bonds is 5. The smallest absolute Gasteiger partial charge is 0.0162 e. The van der Waals surface area contributed by atoms with Gasteiger partial charge in [-0.2, -0.15) is 0 Å². The lowest BCUT2D eigenvalue weighted by atomic mass is 9.84. The molecule has 0 fully saturated rings. The van der Waals surface area contributed by atoms with Crippen LogP contribution in [0.4, 0.5) is 0 Å². The lowest BCUT2D eigenvalue weighted by Gasteiger charge is -2.27. The first-order valence-electron chi connectivity index (χ1n) is 5.55. The second-order valence-corrected chi connectivity index (χ2v) is 4.77. The molecular formula is C13H22N2. The van der Waals surface area contributed by atoms with Gasteiger partial charge in [0.05, 0.1) is 0 Å². The van der Waals surface area contributed by atoms with E-state index in [9.17, 15) is 0 Å². The fourth-order valence-corrected chi connectivity index (χ4v) is 1.50. The van der Waals surface area contributed by atoms with Gasteiger partial charge in [0.1, 0.15) is 0 Å². The summed E-state index contributed by atoms with van der Waals surface area (Å²) in [5, 5.41) is 3.45. The molecule has 0 radical (unpaired) electrons. The van der Waals surface area contributed by atoms with Gasteiger partial charge in [-0.3, -0.25) is 0 Å². The Hall–Kier alpha value is -0.860. The van der Waals surface area contributed by atoms with Gasteiger partial charge in [-0.05, 0) is 12.5 Å². The van der Waals surface area contributed by atoms with Crippen LogP contribution in [0.3, 0.4) is 0 Å². The van der Waals surface area contributed by atoms with Crippen LogP contribution in [-0.2, 0) is 5.41 Å². The van der Waals surface area contributed by atoms with E-state index in [1.165, 1.54) is 5.56 Å². The minimum absolute atomic E-state index is 0.157. The molecule has 0 spiro atoms. The molecule has 0 aromatic heterocycles. The third kappa shape index (κ3) is 3.65. The molecule has 0 aliphatic carbocycles. The number of hydrogen-bond acceptors (Lipinski definition) is 2. The van der Waals surface area contributed by atoms with Crippen molar-refractivity contribution in [1.82, 2.24) is 5.32 Å². The fraction of sp³-hybridized carbons (Fsp3) is 0.538. The lowest BCUT2D eigenvalue weighted by molar-refractivity contribution is 0.432. The maximum absolute atomic E-state index is 5.58. The summed E-state index contributed by atoms with van der Waals surface area (Å²) < 4.78 is 0. The van der Waals surface area contributed by atoms with Crippen molar-refractivity contribution in [3.8, 4) is 0 Å². The molecule has 0 heterocycles. The van der Waals surface area contributed by atoms with E-state index in [1.807, 2.05) is 0 Å². The van der Waals surface area contributed by atoms with Crippen LogP contribution in [0.5, 0.6) is 0 Å². The third-order valence-corrected chi connectivity index (χ3v) is 2.80. The second kappa shape index (κ2) is 5.29. The van der Waals surface area contributed by atoms with Crippen molar-refractivity contribution < 1.29 is 0 Å². The van der Waals surface area contributed by atoms with Gasteiger partial charge in [-0.15, -0.1) is 0 Å². The molecule has 0 aliphatic heterocycles. The molecule has 15 heavy (non-hydrogen) atoms. The summed E-state index contributed by atoms with van der Waals surface area (Å²) in [6.45, 7) is 8.25. The van der Waals surface area contributed by atoms with Crippen LogP contribution in [-0.4, -0.2) is 19.1 Å². The highest BCUT2D eigenvalue weighted by Crippen LogP contribution is 2.21. The average molecular weight is 206 g/mol. The molecule has 1 rings (SSSR count). The third-order valence-electron chi connectivity index (χ3n) is 2.80. The van der Waals surface area contributed by atoms with E-state index in [-0.39, 0.29) is 5.41 Å². The van der Waals surface area contributed by atoms with Gasteiger partial charge in [-0.1, -0.05) is 44.2 Å². The molecule has 0 aliphatic rings. The van der Waals surface area contributed by atoms with Crippen molar-refractivity contribution in [2.45, 2.75) is 32.2 Å². The quantitative estimate of drug-likeness (QED) is 0.772. The number of nitrogens with one attached hydrogen (secondary N) is 1. The Kier molecular flexibility index (Phi) is 4.30. The first kappa shape index (κ1) is 12.2. The number of nitrogens with two attached hydrogens (primary N) is 1. The van der Waals surface area contributed by atoms with E-state index in [2.05, 4.69) is 56.4 Å². The molecule has 1 aromatic carbocycles. The van der Waals surface area contributed by atoms with Crippen LogP contribution in [0, 0.1) is 0 Å². The SMILES string of the molecule is C[C@H](CN)NCC(C)(C)c1ccccc1. The molecule has 2 nitrogen and oxygen atoms in total. The minimum Gasteiger partial charge on any atom is -0.329 e. The van der Waals surface area contributed by atoms with Crippen LogP contribution in [0.1, 0.15) is 26.3 Å². The maximum Gasteiger partial charge on any atom is 0.0162 e. The summed E-state index contributed by atoms with van der Waals surface area (Å²) in [5.74, 6) is 0. The molecule has 0 amide bonds. The highest BCUT2D eigenvalue weighted by molar-refractivity contribution is 5.23. The van der Waals surface area contributed by atoms with Crippen molar-refractivity contribution in [3.05, 3.63) is 35.9 Å². The zero-order chi connectivity index (χ0) is 11.3. The van der Waals surface area contributed by atoms with Crippen molar-refractivity contribution in [3.63, 3.8) is 0 Å². The second-order valence-electron chi connectivity index (χ2n) is 4.77. The van der Waals surface area contributed by atoms with Gasteiger partial charge in [0.15, 0.2) is 0 Å². The minimum atomic E-state index is 0.157. The van der Waals surface area contributed by atoms with Gasteiger partial charge in [0.25, 0.3) is 0 Å². The van der Waals surface area contributed by atoms with Gasteiger partial charge >= 0.3 is 0 Å². The number of benzene rings is 1. The van der Waals surface area contributed by atoms with Crippen LogP contribution in [0.25, 0.3) is 0 Å². The molecule has 3 N–H and O–H groups in total. The molecule has 2 heteroatoms. The van der Waals surface area contributed by atoms with Crippen LogP contribution >= 0.6 is 0 Å². The summed E-state index contributed by atoms with van der Waals surface area (Å²) in [6, 6.07) is 11.0. The highest BCUT2D eigenvalue weighted by atomic mass is 14.9. The van der Waals surface area contributed by atoms with Crippen molar-refractivity contribution >= 4 is 0 Å². The van der Waals surface area contributed by atoms with E-state index in [1.54, 1.807) is 0 Å². The molecule has 84 valence electrons. The van der Waals surface area contributed by atoms with Crippen molar-refractivity contribution in [2.24, 2.45) is 5.73 Å². The standard InChI is InChI=1S/C13H22N2/c1-11(9-14)15-10-13(2,3)12-7-5-4-6-8-12/h4-8,11,15H,9-10,14H2,1-3H3/t11-/m1/s1. The van der Waals surface area contributed by atoms with Crippen LogP contribution < -0.4 is 11.1 Å². The molecule has 0 saturated carbocycles. The summed E-state index contributed by atoms with van der Waals surface area (Å²) in [5.41, 5.74) is 7.10. The summed E-state index contributed by atoms with van der Waals surface area (Å²) >= 11 is 0. The Morgan fingerprint density at radius 3 is 2.40 bits per heavy atom. The molecular weight excluding hydrogens is 184 g/mol.